The minimum absolute atomic E-state index is 0.445. The molecule has 2 aromatic rings. The molecule has 1 aliphatic heterocycles. The van der Waals surface area contributed by atoms with Crippen LogP contribution in [0.15, 0.2) is 31.0 Å². The summed E-state index contributed by atoms with van der Waals surface area (Å²) in [7, 11) is 6.11. The van der Waals surface area contributed by atoms with E-state index in [1.807, 2.05) is 31.3 Å². The lowest BCUT2D eigenvalue weighted by Gasteiger charge is -2.38. The molecule has 0 N–H and O–H groups in total. The number of aromatic nitrogens is 4. The minimum Gasteiger partial charge on any atom is -0.363 e. The second kappa shape index (κ2) is 7.53. The van der Waals surface area contributed by atoms with Crippen molar-refractivity contribution < 1.29 is 0 Å². The number of nitrogens with zero attached hydrogens (tertiary/aromatic N) is 7. The van der Waals surface area contributed by atoms with Crippen LogP contribution in [-0.4, -0.2) is 65.1 Å². The van der Waals surface area contributed by atoms with Gasteiger partial charge in [-0.15, -0.1) is 0 Å². The van der Waals surface area contributed by atoms with E-state index in [2.05, 4.69) is 36.8 Å². The van der Waals surface area contributed by atoms with E-state index in [1.165, 1.54) is 12.8 Å². The fraction of sp³-hybridized carbons (Fsp3) is 0.529. The van der Waals surface area contributed by atoms with Crippen LogP contribution in [0, 0.1) is 0 Å². The molecule has 7 nitrogen and oxygen atoms in total. The quantitative estimate of drug-likeness (QED) is 0.823. The molecule has 0 saturated carbocycles. The van der Waals surface area contributed by atoms with E-state index in [0.29, 0.717) is 6.04 Å². The Balaban J connectivity index is 1.66. The number of likely N-dealkylation sites (tertiary alicyclic amines) is 1. The van der Waals surface area contributed by atoms with Crippen molar-refractivity contribution in [1.82, 2.24) is 24.8 Å². The van der Waals surface area contributed by atoms with E-state index < -0.39 is 0 Å². The van der Waals surface area contributed by atoms with Crippen molar-refractivity contribution in [2.24, 2.45) is 0 Å². The number of piperidine rings is 1. The largest absolute Gasteiger partial charge is 0.363 e. The Hall–Kier alpha value is -2.28. The molecule has 0 bridgehead atoms. The van der Waals surface area contributed by atoms with Gasteiger partial charge in [0.2, 0.25) is 0 Å². The molecule has 1 saturated heterocycles. The summed E-state index contributed by atoms with van der Waals surface area (Å²) in [5.41, 5.74) is 1.03. The maximum Gasteiger partial charge on any atom is 0.134 e. The van der Waals surface area contributed by atoms with Gasteiger partial charge < -0.3 is 9.80 Å². The van der Waals surface area contributed by atoms with Gasteiger partial charge >= 0.3 is 0 Å². The minimum atomic E-state index is 0.445. The first kappa shape index (κ1) is 16.6. The van der Waals surface area contributed by atoms with Crippen LogP contribution in [0.1, 0.15) is 18.5 Å². The lowest BCUT2D eigenvalue weighted by molar-refractivity contribution is 0.196. The van der Waals surface area contributed by atoms with Crippen molar-refractivity contribution in [3.63, 3.8) is 0 Å². The van der Waals surface area contributed by atoms with Crippen molar-refractivity contribution in [3.8, 4) is 0 Å². The topological polar surface area (TPSA) is 61.3 Å². The van der Waals surface area contributed by atoms with Gasteiger partial charge in [-0.1, -0.05) is 0 Å². The normalized spacial score (nSPS) is 18.4. The summed E-state index contributed by atoms with van der Waals surface area (Å²) < 4.78 is 0. The SMILES string of the molecule is CN(C)c1cc(N(C)C2CCCN(Cc3cnccn3)C2)ncn1. The standard InChI is InChI=1S/C17H25N7/c1-22(2)16-9-17(21-13-20-16)23(3)15-5-4-8-24(12-15)11-14-10-18-6-7-19-14/h6-7,9-10,13,15H,4-5,8,11-12H2,1-3H3. The predicted octanol–water partition coefficient (Wildman–Crippen LogP) is 1.43. The average Bonchev–Trinajstić information content (AvgIpc) is 2.62. The smallest absolute Gasteiger partial charge is 0.134 e. The number of likely N-dealkylation sites (N-methyl/N-ethyl adjacent to an activating group) is 1. The number of hydrogen-bond donors (Lipinski definition) is 0. The summed E-state index contributed by atoms with van der Waals surface area (Å²) in [6.07, 6.45) is 9.32. The Morgan fingerprint density at radius 3 is 2.71 bits per heavy atom. The first-order valence-electron chi connectivity index (χ1n) is 8.33. The maximum absolute atomic E-state index is 4.45. The van der Waals surface area contributed by atoms with E-state index in [-0.39, 0.29) is 0 Å². The van der Waals surface area contributed by atoms with Crippen LogP contribution >= 0.6 is 0 Å². The first-order chi connectivity index (χ1) is 11.6. The monoisotopic (exact) mass is 327 g/mol. The van der Waals surface area contributed by atoms with Gasteiger partial charge in [-0.25, -0.2) is 9.97 Å². The molecule has 0 amide bonds. The fourth-order valence-electron chi connectivity index (χ4n) is 3.09. The van der Waals surface area contributed by atoms with Gasteiger partial charge in [0.1, 0.15) is 18.0 Å². The van der Waals surface area contributed by atoms with Gasteiger partial charge in [-0.3, -0.25) is 14.9 Å². The van der Waals surface area contributed by atoms with Crippen LogP contribution in [0.5, 0.6) is 0 Å². The Morgan fingerprint density at radius 2 is 1.96 bits per heavy atom. The highest BCUT2D eigenvalue weighted by atomic mass is 15.3. The van der Waals surface area contributed by atoms with Crippen LogP contribution in [0.3, 0.4) is 0 Å². The molecule has 1 aliphatic rings. The highest BCUT2D eigenvalue weighted by Gasteiger charge is 2.24. The molecule has 1 atom stereocenters. The molecule has 3 heterocycles. The summed E-state index contributed by atoms with van der Waals surface area (Å²) in [6, 6.07) is 2.49. The third kappa shape index (κ3) is 3.97. The van der Waals surface area contributed by atoms with Crippen LogP contribution in [-0.2, 0) is 6.54 Å². The lowest BCUT2D eigenvalue weighted by atomic mass is 10.0. The zero-order chi connectivity index (χ0) is 16.9. The molecule has 3 rings (SSSR count). The van der Waals surface area contributed by atoms with Crippen LogP contribution in [0.4, 0.5) is 11.6 Å². The van der Waals surface area contributed by atoms with Crippen molar-refractivity contribution >= 4 is 11.6 Å². The summed E-state index contributed by atoms with van der Waals surface area (Å²) in [6.45, 7) is 2.97. The van der Waals surface area contributed by atoms with E-state index in [1.54, 1.807) is 18.7 Å². The van der Waals surface area contributed by atoms with Crippen LogP contribution < -0.4 is 9.80 Å². The number of hydrogen-bond acceptors (Lipinski definition) is 7. The third-order valence-corrected chi connectivity index (χ3v) is 4.49. The number of anilines is 2. The summed E-state index contributed by atoms with van der Waals surface area (Å²) in [4.78, 5) is 24.0. The Morgan fingerprint density at radius 1 is 1.12 bits per heavy atom. The molecule has 1 fully saturated rings. The molecule has 0 aromatic carbocycles. The number of rotatable bonds is 5. The van der Waals surface area contributed by atoms with Gasteiger partial charge in [0.05, 0.1) is 5.69 Å². The third-order valence-electron chi connectivity index (χ3n) is 4.49. The van der Waals surface area contributed by atoms with Gasteiger partial charge in [0, 0.05) is 64.9 Å². The zero-order valence-electron chi connectivity index (χ0n) is 14.6. The first-order valence-corrected chi connectivity index (χ1v) is 8.33. The highest BCUT2D eigenvalue weighted by molar-refractivity contribution is 5.49. The van der Waals surface area contributed by atoms with E-state index in [4.69, 9.17) is 0 Å². The second-order valence-corrected chi connectivity index (χ2v) is 6.47. The summed E-state index contributed by atoms with van der Waals surface area (Å²) in [5.74, 6) is 1.90. The van der Waals surface area contributed by atoms with E-state index in [9.17, 15) is 0 Å². The van der Waals surface area contributed by atoms with Crippen molar-refractivity contribution in [2.75, 3.05) is 44.0 Å². The summed E-state index contributed by atoms with van der Waals surface area (Å²) in [5, 5.41) is 0. The lowest BCUT2D eigenvalue weighted by Crippen LogP contribution is -2.46. The Bertz CT molecular complexity index is 646. The molecule has 128 valence electrons. The molecule has 7 heteroatoms. The van der Waals surface area contributed by atoms with Gasteiger partial charge in [0.15, 0.2) is 0 Å². The highest BCUT2D eigenvalue weighted by Crippen LogP contribution is 2.22. The Labute approximate surface area is 143 Å². The fourth-order valence-corrected chi connectivity index (χ4v) is 3.09. The van der Waals surface area contributed by atoms with E-state index >= 15 is 0 Å². The van der Waals surface area contributed by atoms with Gasteiger partial charge in [-0.05, 0) is 19.4 Å². The maximum atomic E-state index is 4.45. The van der Waals surface area contributed by atoms with Gasteiger partial charge in [0.25, 0.3) is 0 Å². The van der Waals surface area contributed by atoms with E-state index in [0.717, 1.165) is 37.0 Å². The van der Waals surface area contributed by atoms with Crippen molar-refractivity contribution in [1.29, 1.82) is 0 Å². The zero-order valence-corrected chi connectivity index (χ0v) is 14.6. The molecule has 24 heavy (non-hydrogen) atoms. The molecule has 0 aliphatic carbocycles. The second-order valence-electron chi connectivity index (χ2n) is 6.47. The van der Waals surface area contributed by atoms with Crippen LogP contribution in [0.2, 0.25) is 0 Å². The molecular weight excluding hydrogens is 302 g/mol. The van der Waals surface area contributed by atoms with Crippen molar-refractivity contribution in [3.05, 3.63) is 36.7 Å². The molecule has 1 unspecified atom stereocenters. The van der Waals surface area contributed by atoms with Crippen molar-refractivity contribution in [2.45, 2.75) is 25.4 Å². The summed E-state index contributed by atoms with van der Waals surface area (Å²) >= 11 is 0. The molecule has 0 spiro atoms. The van der Waals surface area contributed by atoms with Crippen LogP contribution in [0.25, 0.3) is 0 Å². The van der Waals surface area contributed by atoms with Gasteiger partial charge in [-0.2, -0.15) is 0 Å². The average molecular weight is 327 g/mol. The Kier molecular flexibility index (Phi) is 5.20. The molecular formula is C17H25N7. The predicted molar refractivity (Wildman–Crippen MR) is 95.1 cm³/mol. The molecule has 0 radical (unpaired) electrons. The molecule has 2 aromatic heterocycles.